The lowest BCUT2D eigenvalue weighted by molar-refractivity contribution is -0.119. The molecule has 0 bridgehead atoms. The molecule has 1 N–H and O–H groups in total. The maximum atomic E-state index is 10.3. The Morgan fingerprint density at radius 3 is 1.56 bits per heavy atom. The number of aliphatic hydroxyl groups is 1. The maximum Gasteiger partial charge on any atom is 0.132 e. The van der Waals surface area contributed by atoms with E-state index in [1.165, 1.54) is 20.8 Å². The highest BCUT2D eigenvalue weighted by Gasteiger charge is 2.01. The van der Waals surface area contributed by atoms with Crippen molar-refractivity contribution >= 4 is 17.9 Å². The molecule has 96 valence electrons. The molecule has 0 aromatic heterocycles. The first-order valence-corrected chi connectivity index (χ1v) is 5.39. The maximum absolute atomic E-state index is 10.3. The fourth-order valence-electron chi connectivity index (χ4n) is 0.476. The Hall–Kier alpha value is -1.03. The van der Waals surface area contributed by atoms with Gasteiger partial charge in [0, 0.05) is 12.8 Å². The number of aliphatic hydroxyl groups excluding tert-OH is 1. The molecule has 0 spiro atoms. The van der Waals surface area contributed by atoms with Crippen LogP contribution in [-0.4, -0.2) is 29.1 Å². The SMILES string of the molecule is CC(C)=O.CCC=O.CC[C@@H](O)CC(C)=O. The van der Waals surface area contributed by atoms with E-state index in [9.17, 15) is 14.4 Å². The molecule has 0 amide bonds. The van der Waals surface area contributed by atoms with E-state index in [0.717, 1.165) is 6.29 Å². The van der Waals surface area contributed by atoms with Gasteiger partial charge in [-0.25, -0.2) is 0 Å². The molecule has 0 aliphatic carbocycles. The van der Waals surface area contributed by atoms with E-state index in [0.29, 0.717) is 19.3 Å². The predicted octanol–water partition coefficient (Wildman–Crippen LogP) is 1.93. The first kappa shape index (κ1) is 20.4. The van der Waals surface area contributed by atoms with Gasteiger partial charge >= 0.3 is 0 Å². The lowest BCUT2D eigenvalue weighted by atomic mass is 10.1. The molecule has 4 nitrogen and oxygen atoms in total. The normalized spacial score (nSPS) is 9.88. The largest absolute Gasteiger partial charge is 0.393 e. The zero-order chi connectivity index (χ0) is 13.6. The molecule has 1 atom stereocenters. The molecule has 0 saturated heterocycles. The summed E-state index contributed by atoms with van der Waals surface area (Å²) in [4.78, 5) is 28.9. The summed E-state index contributed by atoms with van der Waals surface area (Å²) in [7, 11) is 0. The molecule has 0 heterocycles. The van der Waals surface area contributed by atoms with Crippen LogP contribution in [0.3, 0.4) is 0 Å². The lowest BCUT2D eigenvalue weighted by Crippen LogP contribution is -2.08. The van der Waals surface area contributed by atoms with Gasteiger partial charge in [0.1, 0.15) is 17.9 Å². The molecule has 0 aromatic rings. The Balaban J connectivity index is -0.000000179. The van der Waals surface area contributed by atoms with Crippen molar-refractivity contribution in [2.24, 2.45) is 0 Å². The van der Waals surface area contributed by atoms with Gasteiger partial charge < -0.3 is 14.7 Å². The van der Waals surface area contributed by atoms with Crippen LogP contribution in [0.5, 0.6) is 0 Å². The second-order valence-electron chi connectivity index (χ2n) is 3.45. The summed E-state index contributed by atoms with van der Waals surface area (Å²) >= 11 is 0. The number of hydrogen-bond acceptors (Lipinski definition) is 4. The summed E-state index contributed by atoms with van der Waals surface area (Å²) < 4.78 is 0. The molecule has 16 heavy (non-hydrogen) atoms. The summed E-state index contributed by atoms with van der Waals surface area (Å²) in [5, 5.41) is 8.81. The van der Waals surface area contributed by atoms with Crippen molar-refractivity contribution in [1.29, 1.82) is 0 Å². The monoisotopic (exact) mass is 232 g/mol. The Morgan fingerprint density at radius 1 is 1.19 bits per heavy atom. The van der Waals surface area contributed by atoms with E-state index in [4.69, 9.17) is 5.11 Å². The van der Waals surface area contributed by atoms with Crippen molar-refractivity contribution in [1.82, 2.24) is 0 Å². The molecule has 0 radical (unpaired) electrons. The van der Waals surface area contributed by atoms with Gasteiger partial charge in [-0.3, -0.25) is 4.79 Å². The summed E-state index contributed by atoms with van der Waals surface area (Å²) in [5.74, 6) is 0.222. The second kappa shape index (κ2) is 16.4. The molecule has 0 aromatic carbocycles. The van der Waals surface area contributed by atoms with Gasteiger partial charge in [-0.1, -0.05) is 13.8 Å². The van der Waals surface area contributed by atoms with Gasteiger partial charge in [0.25, 0.3) is 0 Å². The Kier molecular flexibility index (Phi) is 20.9. The fourth-order valence-corrected chi connectivity index (χ4v) is 0.476. The Labute approximate surface area is 98.0 Å². The fraction of sp³-hybridized carbons (Fsp3) is 0.750. The number of aldehydes is 1. The van der Waals surface area contributed by atoms with Crippen LogP contribution < -0.4 is 0 Å². The Morgan fingerprint density at radius 2 is 1.50 bits per heavy atom. The van der Waals surface area contributed by atoms with Crippen LogP contribution in [0.1, 0.15) is 53.9 Å². The molecule has 0 rings (SSSR count). The minimum atomic E-state index is -0.424. The van der Waals surface area contributed by atoms with Crippen molar-refractivity contribution in [3.05, 3.63) is 0 Å². The van der Waals surface area contributed by atoms with Crippen molar-refractivity contribution < 1.29 is 19.5 Å². The van der Waals surface area contributed by atoms with Gasteiger partial charge in [-0.2, -0.15) is 0 Å². The number of carbonyl (C=O) groups excluding carboxylic acids is 3. The van der Waals surface area contributed by atoms with Crippen LogP contribution in [0.15, 0.2) is 0 Å². The third-order valence-corrected chi connectivity index (χ3v) is 1.16. The summed E-state index contributed by atoms with van der Waals surface area (Å²) in [6, 6.07) is 0. The third-order valence-electron chi connectivity index (χ3n) is 1.16. The van der Waals surface area contributed by atoms with Crippen LogP contribution in [0.25, 0.3) is 0 Å². The second-order valence-corrected chi connectivity index (χ2v) is 3.45. The van der Waals surface area contributed by atoms with Crippen molar-refractivity contribution in [3.8, 4) is 0 Å². The van der Waals surface area contributed by atoms with Gasteiger partial charge in [-0.05, 0) is 27.2 Å². The zero-order valence-corrected chi connectivity index (χ0v) is 10.9. The van der Waals surface area contributed by atoms with Gasteiger partial charge in [0.2, 0.25) is 0 Å². The van der Waals surface area contributed by atoms with E-state index in [1.54, 1.807) is 0 Å². The summed E-state index contributed by atoms with van der Waals surface area (Å²) in [6.07, 6.45) is 2.06. The highest BCUT2D eigenvalue weighted by atomic mass is 16.3. The molecule has 4 heteroatoms. The Bertz CT molecular complexity index is 183. The van der Waals surface area contributed by atoms with Crippen molar-refractivity contribution in [2.45, 2.75) is 60.0 Å². The van der Waals surface area contributed by atoms with E-state index >= 15 is 0 Å². The quantitative estimate of drug-likeness (QED) is 0.752. The first-order valence-electron chi connectivity index (χ1n) is 5.39. The van der Waals surface area contributed by atoms with Gasteiger partial charge in [0.15, 0.2) is 0 Å². The number of carbonyl (C=O) groups is 3. The average molecular weight is 232 g/mol. The van der Waals surface area contributed by atoms with Crippen LogP contribution in [-0.2, 0) is 14.4 Å². The number of Topliss-reactive ketones (excluding diaryl/α,β-unsaturated/α-hetero) is 2. The minimum Gasteiger partial charge on any atom is -0.393 e. The number of ketones is 2. The van der Waals surface area contributed by atoms with Gasteiger partial charge in [0.05, 0.1) is 6.10 Å². The van der Waals surface area contributed by atoms with Crippen LogP contribution >= 0.6 is 0 Å². The topological polar surface area (TPSA) is 71.4 Å². The van der Waals surface area contributed by atoms with E-state index < -0.39 is 6.10 Å². The van der Waals surface area contributed by atoms with Crippen molar-refractivity contribution in [3.63, 3.8) is 0 Å². The third kappa shape index (κ3) is 52.1. The van der Waals surface area contributed by atoms with Gasteiger partial charge in [-0.15, -0.1) is 0 Å². The first-order chi connectivity index (χ1) is 7.31. The molecule has 0 saturated carbocycles. The molecular weight excluding hydrogens is 208 g/mol. The molecule has 0 unspecified atom stereocenters. The van der Waals surface area contributed by atoms with Crippen LogP contribution in [0.4, 0.5) is 0 Å². The minimum absolute atomic E-state index is 0.0550. The predicted molar refractivity (Wildman–Crippen MR) is 64.3 cm³/mol. The smallest absolute Gasteiger partial charge is 0.132 e. The average Bonchev–Trinajstić information content (AvgIpc) is 2.16. The molecule has 0 aliphatic heterocycles. The highest BCUT2D eigenvalue weighted by Crippen LogP contribution is 1.95. The molecular formula is C12H24O4. The van der Waals surface area contributed by atoms with E-state index in [2.05, 4.69) is 0 Å². The highest BCUT2D eigenvalue weighted by molar-refractivity contribution is 5.75. The van der Waals surface area contributed by atoms with E-state index in [1.807, 2.05) is 13.8 Å². The number of hydrogen-bond donors (Lipinski definition) is 1. The summed E-state index contributed by atoms with van der Waals surface area (Å²) in [5.41, 5.74) is 0. The molecule has 0 aliphatic rings. The van der Waals surface area contributed by atoms with E-state index in [-0.39, 0.29) is 11.6 Å². The standard InChI is InChI=1S/C6H12O2.2C3H6O/c1-3-6(8)4-5(2)7;1-3(2)4;1-2-3-4/h6,8H,3-4H2,1-2H3;1-2H3;3H,2H2,1H3/t6-;;/m1../s1. The lowest BCUT2D eigenvalue weighted by Gasteiger charge is -2.01. The number of rotatable bonds is 4. The van der Waals surface area contributed by atoms with Crippen LogP contribution in [0.2, 0.25) is 0 Å². The summed E-state index contributed by atoms with van der Waals surface area (Å²) in [6.45, 7) is 8.21. The van der Waals surface area contributed by atoms with Crippen molar-refractivity contribution in [2.75, 3.05) is 0 Å². The zero-order valence-electron chi connectivity index (χ0n) is 10.9. The molecule has 0 fully saturated rings. The van der Waals surface area contributed by atoms with Crippen LogP contribution in [0, 0.1) is 0 Å².